The topological polar surface area (TPSA) is 105 Å². The van der Waals surface area contributed by atoms with Crippen molar-refractivity contribution >= 4 is 51.6 Å². The maximum atomic E-state index is 13.0. The van der Waals surface area contributed by atoms with Crippen LogP contribution in [0.4, 0.5) is 29.7 Å². The molecule has 33 heavy (non-hydrogen) atoms. The van der Waals surface area contributed by atoms with Gasteiger partial charge < -0.3 is 11.1 Å². The number of nitrogens with zero attached hydrogens (tertiary/aromatic N) is 2. The maximum Gasteiger partial charge on any atom is 0.416 e. The van der Waals surface area contributed by atoms with Crippen LogP contribution in [0.2, 0.25) is 0 Å². The first kappa shape index (κ1) is 23.7. The summed E-state index contributed by atoms with van der Waals surface area (Å²) in [4.78, 5) is 40.8. The minimum atomic E-state index is -4.56. The molecule has 3 rings (SSSR count). The number of carbonyl (C=O) groups excluding carboxylic acids is 3. The van der Waals surface area contributed by atoms with Gasteiger partial charge in [0.05, 0.1) is 16.9 Å². The minimum absolute atomic E-state index is 0.0225. The number of carbonyl (C=O) groups is 3. The molecule has 3 N–H and O–H groups in total. The normalized spacial score (nSPS) is 11.4. The zero-order valence-corrected chi connectivity index (χ0v) is 17.9. The highest BCUT2D eigenvalue weighted by Crippen LogP contribution is 2.35. The Labute approximate surface area is 190 Å². The van der Waals surface area contributed by atoms with Gasteiger partial charge in [0.2, 0.25) is 17.7 Å². The summed E-state index contributed by atoms with van der Waals surface area (Å²) in [7, 11) is 0. The molecule has 0 saturated carbocycles. The first-order chi connectivity index (χ1) is 15.5. The molecule has 1 aromatic heterocycles. The van der Waals surface area contributed by atoms with Crippen LogP contribution in [0.1, 0.15) is 28.5 Å². The van der Waals surface area contributed by atoms with Crippen molar-refractivity contribution in [1.82, 2.24) is 4.98 Å². The molecule has 0 aliphatic rings. The van der Waals surface area contributed by atoms with Gasteiger partial charge in [-0.15, -0.1) is 11.3 Å². The highest BCUT2D eigenvalue weighted by atomic mass is 32.1. The number of nitrogens with two attached hydrogens (primary N) is 1. The number of benzene rings is 2. The van der Waals surface area contributed by atoms with Crippen LogP contribution in [0, 0.1) is 0 Å². The summed E-state index contributed by atoms with van der Waals surface area (Å²) in [6.07, 6.45) is -1.98. The van der Waals surface area contributed by atoms with Crippen LogP contribution in [-0.2, 0) is 15.8 Å². The van der Waals surface area contributed by atoms with E-state index in [-0.39, 0.29) is 16.4 Å². The number of hydrogen-bond acceptors (Lipinski definition) is 5. The van der Waals surface area contributed by atoms with Gasteiger partial charge in [-0.1, -0.05) is 12.1 Å². The molecule has 0 saturated heterocycles. The number of halogens is 3. The van der Waals surface area contributed by atoms with Gasteiger partial charge in [-0.3, -0.25) is 19.3 Å². The van der Waals surface area contributed by atoms with Crippen molar-refractivity contribution in [3.63, 3.8) is 0 Å². The van der Waals surface area contributed by atoms with Crippen molar-refractivity contribution in [2.75, 3.05) is 10.2 Å². The number of amides is 3. The van der Waals surface area contributed by atoms with Crippen molar-refractivity contribution in [3.8, 4) is 0 Å². The van der Waals surface area contributed by atoms with Crippen LogP contribution in [0.3, 0.4) is 0 Å². The van der Waals surface area contributed by atoms with Gasteiger partial charge >= 0.3 is 6.18 Å². The predicted octanol–water partition coefficient (Wildman–Crippen LogP) is 4.60. The summed E-state index contributed by atoms with van der Waals surface area (Å²) in [5, 5.41) is 4.27. The lowest BCUT2D eigenvalue weighted by Gasteiger charge is -2.19. The fourth-order valence-corrected chi connectivity index (χ4v) is 3.65. The summed E-state index contributed by atoms with van der Waals surface area (Å²) in [5.74, 6) is -1.66. The second-order valence-corrected chi connectivity index (χ2v) is 7.56. The van der Waals surface area contributed by atoms with E-state index in [0.717, 1.165) is 28.4 Å². The maximum absolute atomic E-state index is 13.0. The summed E-state index contributed by atoms with van der Waals surface area (Å²) >= 11 is 1.03. The zero-order valence-electron chi connectivity index (χ0n) is 17.1. The standard InChI is InChI=1S/C22H17F3N4O3S/c1-13(30)29(18-7-3-5-15(11-18)22(23,24)25)21-28-17(12-33-21)8-9-19(31)27-16-6-2-4-14(10-16)20(26)32/h2-12H,1H3,(H2,26,32)(H,27,31)/b9-8+. The second kappa shape index (κ2) is 9.65. The van der Waals surface area contributed by atoms with Crippen LogP contribution in [0.15, 0.2) is 60.0 Å². The van der Waals surface area contributed by atoms with E-state index in [1.807, 2.05) is 0 Å². The molecule has 0 bridgehead atoms. The van der Waals surface area contributed by atoms with Crippen molar-refractivity contribution in [3.05, 3.63) is 76.8 Å². The molecule has 0 radical (unpaired) electrons. The van der Waals surface area contributed by atoms with E-state index in [2.05, 4.69) is 10.3 Å². The summed E-state index contributed by atoms with van der Waals surface area (Å²) in [6, 6.07) is 10.4. The third-order valence-corrected chi connectivity index (χ3v) is 5.11. The van der Waals surface area contributed by atoms with E-state index < -0.39 is 29.5 Å². The first-order valence-electron chi connectivity index (χ1n) is 9.37. The largest absolute Gasteiger partial charge is 0.416 e. The smallest absolute Gasteiger partial charge is 0.366 e. The molecule has 0 fully saturated rings. The predicted molar refractivity (Wildman–Crippen MR) is 119 cm³/mol. The second-order valence-electron chi connectivity index (χ2n) is 6.73. The summed E-state index contributed by atoms with van der Waals surface area (Å²) in [5.41, 5.74) is 5.28. The summed E-state index contributed by atoms with van der Waals surface area (Å²) in [6.45, 7) is 1.21. The molecule has 0 unspecified atom stereocenters. The Morgan fingerprint density at radius 2 is 1.85 bits per heavy atom. The third-order valence-electron chi connectivity index (χ3n) is 4.27. The highest BCUT2D eigenvalue weighted by molar-refractivity contribution is 7.14. The number of primary amides is 1. The molecular formula is C22H17F3N4O3S. The van der Waals surface area contributed by atoms with Crippen molar-refractivity contribution in [2.45, 2.75) is 13.1 Å². The van der Waals surface area contributed by atoms with Crippen LogP contribution in [0.5, 0.6) is 0 Å². The number of rotatable bonds is 6. The lowest BCUT2D eigenvalue weighted by Crippen LogP contribution is -2.23. The quantitative estimate of drug-likeness (QED) is 0.510. The molecular weight excluding hydrogens is 457 g/mol. The molecule has 3 amide bonds. The van der Waals surface area contributed by atoms with Crippen molar-refractivity contribution in [2.24, 2.45) is 5.73 Å². The molecule has 11 heteroatoms. The first-order valence-corrected chi connectivity index (χ1v) is 10.2. The Bertz CT molecular complexity index is 1240. The molecule has 0 aliphatic heterocycles. The van der Waals surface area contributed by atoms with Crippen LogP contribution in [0.25, 0.3) is 6.08 Å². The highest BCUT2D eigenvalue weighted by Gasteiger charge is 2.31. The van der Waals surface area contributed by atoms with Gasteiger partial charge in [-0.25, -0.2) is 4.98 Å². The molecule has 0 aliphatic carbocycles. The number of hydrogen-bond donors (Lipinski definition) is 2. The molecule has 170 valence electrons. The average Bonchev–Trinajstić information content (AvgIpc) is 3.20. The van der Waals surface area contributed by atoms with E-state index in [1.54, 1.807) is 17.5 Å². The minimum Gasteiger partial charge on any atom is -0.366 e. The Kier molecular flexibility index (Phi) is 6.92. The SMILES string of the molecule is CC(=O)N(c1cccc(C(F)(F)F)c1)c1nc(/C=C/C(=O)Nc2cccc(C(N)=O)c2)cs1. The Hall–Kier alpha value is -3.99. The Morgan fingerprint density at radius 1 is 1.12 bits per heavy atom. The van der Waals surface area contributed by atoms with E-state index in [4.69, 9.17) is 5.73 Å². The average molecular weight is 474 g/mol. The van der Waals surface area contributed by atoms with E-state index in [9.17, 15) is 27.6 Å². The fourth-order valence-electron chi connectivity index (χ4n) is 2.80. The molecule has 7 nitrogen and oxygen atoms in total. The number of aromatic nitrogens is 1. The van der Waals surface area contributed by atoms with Crippen LogP contribution in [-0.4, -0.2) is 22.7 Å². The molecule has 3 aromatic rings. The number of nitrogens with one attached hydrogen (secondary N) is 1. The van der Waals surface area contributed by atoms with Crippen LogP contribution >= 0.6 is 11.3 Å². The van der Waals surface area contributed by atoms with Crippen molar-refractivity contribution < 1.29 is 27.6 Å². The van der Waals surface area contributed by atoms with Crippen molar-refractivity contribution in [1.29, 1.82) is 0 Å². The van der Waals surface area contributed by atoms with Gasteiger partial charge in [-0.2, -0.15) is 13.2 Å². The Morgan fingerprint density at radius 3 is 2.52 bits per heavy atom. The van der Waals surface area contributed by atoms with Gasteiger partial charge in [0.25, 0.3) is 0 Å². The zero-order chi connectivity index (χ0) is 24.2. The number of thiazole rings is 1. The monoisotopic (exact) mass is 474 g/mol. The van der Waals surface area contributed by atoms with Gasteiger partial charge in [-0.05, 0) is 42.5 Å². The van der Waals surface area contributed by atoms with Gasteiger partial charge in [0.1, 0.15) is 0 Å². The Balaban J connectivity index is 1.77. The molecule has 0 spiro atoms. The molecule has 1 heterocycles. The summed E-state index contributed by atoms with van der Waals surface area (Å²) < 4.78 is 39.1. The van der Waals surface area contributed by atoms with Gasteiger partial charge in [0.15, 0.2) is 5.13 Å². The lowest BCUT2D eigenvalue weighted by atomic mass is 10.2. The van der Waals surface area contributed by atoms with E-state index in [1.165, 1.54) is 43.3 Å². The van der Waals surface area contributed by atoms with E-state index in [0.29, 0.717) is 11.4 Å². The number of alkyl halides is 3. The lowest BCUT2D eigenvalue weighted by molar-refractivity contribution is -0.137. The van der Waals surface area contributed by atoms with Gasteiger partial charge in [0, 0.05) is 29.6 Å². The number of anilines is 3. The fraction of sp³-hybridized carbons (Fsp3) is 0.0909. The van der Waals surface area contributed by atoms with Crippen LogP contribution < -0.4 is 16.0 Å². The molecule has 0 atom stereocenters. The van der Waals surface area contributed by atoms with E-state index >= 15 is 0 Å². The molecule has 2 aromatic carbocycles. The third kappa shape index (κ3) is 6.04.